The third kappa shape index (κ3) is 3.19. The van der Waals surface area contributed by atoms with Crippen LogP contribution in [0, 0.1) is 5.82 Å². The molecule has 86 valence electrons. The molecule has 0 atom stereocenters. The van der Waals surface area contributed by atoms with Gasteiger partial charge in [0.05, 0.1) is 0 Å². The van der Waals surface area contributed by atoms with Crippen LogP contribution in [0.15, 0.2) is 36.4 Å². The third-order valence-corrected chi connectivity index (χ3v) is 2.22. The van der Waals surface area contributed by atoms with Crippen molar-refractivity contribution in [3.05, 3.63) is 47.8 Å². The quantitative estimate of drug-likeness (QED) is 0.716. The lowest BCUT2D eigenvalue weighted by Gasteiger charge is -2.20. The Labute approximate surface area is 95.4 Å². The fraction of sp³-hybridized carbons (Fsp3) is 0.308. The first kappa shape index (κ1) is 12.4. The molecule has 1 amide bonds. The normalized spacial score (nSPS) is 9.94. The number of benzene rings is 1. The summed E-state index contributed by atoms with van der Waals surface area (Å²) in [5, 5.41) is 0. The Morgan fingerprint density at radius 1 is 1.38 bits per heavy atom. The van der Waals surface area contributed by atoms with Crippen LogP contribution in [-0.2, 0) is 0 Å². The van der Waals surface area contributed by atoms with Gasteiger partial charge in [0.2, 0.25) is 0 Å². The molecule has 2 nitrogen and oxygen atoms in total. The van der Waals surface area contributed by atoms with Gasteiger partial charge in [-0.1, -0.05) is 12.2 Å². The molecule has 0 saturated carbocycles. The minimum atomic E-state index is -0.334. The van der Waals surface area contributed by atoms with Crippen molar-refractivity contribution in [1.29, 1.82) is 0 Å². The molecule has 0 heterocycles. The van der Waals surface area contributed by atoms with E-state index in [0.29, 0.717) is 18.7 Å². The molecule has 0 radical (unpaired) electrons. The van der Waals surface area contributed by atoms with Crippen LogP contribution >= 0.6 is 0 Å². The number of carbonyl (C=O) groups excluding carboxylic acids is 1. The van der Waals surface area contributed by atoms with Gasteiger partial charge in [-0.05, 0) is 38.1 Å². The third-order valence-electron chi connectivity index (χ3n) is 2.22. The van der Waals surface area contributed by atoms with Gasteiger partial charge in [0.1, 0.15) is 5.82 Å². The Morgan fingerprint density at radius 3 is 2.38 bits per heavy atom. The SMILES string of the molecule is C=C(C)CN(CC)C(=O)c1ccc(F)cc1. The minimum Gasteiger partial charge on any atom is -0.335 e. The first-order valence-corrected chi connectivity index (χ1v) is 5.23. The molecule has 0 aliphatic rings. The predicted molar refractivity (Wildman–Crippen MR) is 62.8 cm³/mol. The van der Waals surface area contributed by atoms with Crippen molar-refractivity contribution in [3.63, 3.8) is 0 Å². The fourth-order valence-electron chi connectivity index (χ4n) is 1.43. The predicted octanol–water partition coefficient (Wildman–Crippen LogP) is 2.86. The second kappa shape index (κ2) is 5.45. The van der Waals surface area contributed by atoms with E-state index in [-0.39, 0.29) is 11.7 Å². The number of nitrogens with zero attached hydrogens (tertiary/aromatic N) is 1. The Morgan fingerprint density at radius 2 is 1.94 bits per heavy atom. The first-order valence-electron chi connectivity index (χ1n) is 5.23. The standard InChI is InChI=1S/C13H16FNO/c1-4-15(9-10(2)3)13(16)11-5-7-12(14)8-6-11/h5-8H,2,4,9H2,1,3H3. The molecule has 1 rings (SSSR count). The zero-order valence-electron chi connectivity index (χ0n) is 9.66. The van der Waals surface area contributed by atoms with E-state index in [9.17, 15) is 9.18 Å². The molecule has 0 bridgehead atoms. The van der Waals surface area contributed by atoms with Gasteiger partial charge in [0.15, 0.2) is 0 Å². The van der Waals surface area contributed by atoms with Crippen LogP contribution in [0.4, 0.5) is 4.39 Å². The summed E-state index contributed by atoms with van der Waals surface area (Å²) in [6.45, 7) is 8.71. The zero-order chi connectivity index (χ0) is 12.1. The molecule has 1 aromatic carbocycles. The van der Waals surface area contributed by atoms with E-state index < -0.39 is 0 Å². The topological polar surface area (TPSA) is 20.3 Å². The number of carbonyl (C=O) groups is 1. The van der Waals surface area contributed by atoms with Crippen LogP contribution < -0.4 is 0 Å². The van der Waals surface area contributed by atoms with Crippen LogP contribution in [0.25, 0.3) is 0 Å². The summed E-state index contributed by atoms with van der Waals surface area (Å²) in [5.41, 5.74) is 1.43. The highest BCUT2D eigenvalue weighted by Gasteiger charge is 2.13. The molecule has 0 aromatic heterocycles. The van der Waals surface area contributed by atoms with Crippen LogP contribution in [-0.4, -0.2) is 23.9 Å². The lowest BCUT2D eigenvalue weighted by atomic mass is 10.2. The number of hydrogen-bond donors (Lipinski definition) is 0. The Bertz CT molecular complexity index is 383. The lowest BCUT2D eigenvalue weighted by molar-refractivity contribution is 0.0778. The maximum absolute atomic E-state index is 12.7. The second-order valence-corrected chi connectivity index (χ2v) is 3.78. The number of likely N-dealkylation sites (N-methyl/N-ethyl adjacent to an activating group) is 1. The van der Waals surface area contributed by atoms with Crippen molar-refractivity contribution in [1.82, 2.24) is 4.90 Å². The summed E-state index contributed by atoms with van der Waals surface area (Å²) in [6.07, 6.45) is 0. The maximum Gasteiger partial charge on any atom is 0.254 e. The number of rotatable bonds is 4. The monoisotopic (exact) mass is 221 g/mol. The Balaban J connectivity index is 2.82. The van der Waals surface area contributed by atoms with Gasteiger partial charge in [-0.15, -0.1) is 0 Å². The Hall–Kier alpha value is -1.64. The highest BCUT2D eigenvalue weighted by Crippen LogP contribution is 2.08. The molecule has 0 aliphatic carbocycles. The first-order chi connectivity index (χ1) is 7.54. The smallest absolute Gasteiger partial charge is 0.254 e. The van der Waals surface area contributed by atoms with E-state index in [0.717, 1.165) is 5.57 Å². The molecule has 0 N–H and O–H groups in total. The Kier molecular flexibility index (Phi) is 4.23. The zero-order valence-corrected chi connectivity index (χ0v) is 9.66. The van der Waals surface area contributed by atoms with E-state index in [2.05, 4.69) is 6.58 Å². The average molecular weight is 221 g/mol. The van der Waals surface area contributed by atoms with Crippen molar-refractivity contribution in [2.24, 2.45) is 0 Å². The molecular weight excluding hydrogens is 205 g/mol. The van der Waals surface area contributed by atoms with Crippen molar-refractivity contribution >= 4 is 5.91 Å². The van der Waals surface area contributed by atoms with Crippen LogP contribution in [0.2, 0.25) is 0 Å². The summed E-state index contributed by atoms with van der Waals surface area (Å²) < 4.78 is 12.7. The molecule has 0 aliphatic heterocycles. The molecule has 3 heteroatoms. The van der Waals surface area contributed by atoms with Gasteiger partial charge >= 0.3 is 0 Å². The minimum absolute atomic E-state index is 0.0921. The maximum atomic E-state index is 12.7. The van der Waals surface area contributed by atoms with Crippen molar-refractivity contribution in [2.75, 3.05) is 13.1 Å². The van der Waals surface area contributed by atoms with E-state index in [4.69, 9.17) is 0 Å². The fourth-order valence-corrected chi connectivity index (χ4v) is 1.43. The average Bonchev–Trinajstić information content (AvgIpc) is 2.25. The number of halogens is 1. The van der Waals surface area contributed by atoms with Gasteiger partial charge in [0.25, 0.3) is 5.91 Å². The number of hydrogen-bond acceptors (Lipinski definition) is 1. The van der Waals surface area contributed by atoms with Gasteiger partial charge in [-0.2, -0.15) is 0 Å². The second-order valence-electron chi connectivity index (χ2n) is 3.78. The van der Waals surface area contributed by atoms with Crippen molar-refractivity contribution in [3.8, 4) is 0 Å². The van der Waals surface area contributed by atoms with Crippen LogP contribution in [0.3, 0.4) is 0 Å². The summed E-state index contributed by atoms with van der Waals surface area (Å²) >= 11 is 0. The van der Waals surface area contributed by atoms with Crippen molar-refractivity contribution in [2.45, 2.75) is 13.8 Å². The molecule has 16 heavy (non-hydrogen) atoms. The summed E-state index contributed by atoms with van der Waals surface area (Å²) in [7, 11) is 0. The molecule has 0 spiro atoms. The summed E-state index contributed by atoms with van der Waals surface area (Å²) in [6, 6.07) is 5.58. The molecule has 0 saturated heterocycles. The van der Waals surface area contributed by atoms with Gasteiger partial charge in [-0.3, -0.25) is 4.79 Å². The summed E-state index contributed by atoms with van der Waals surface area (Å²) in [5.74, 6) is -0.426. The van der Waals surface area contributed by atoms with Gasteiger partial charge < -0.3 is 4.90 Å². The highest BCUT2D eigenvalue weighted by atomic mass is 19.1. The van der Waals surface area contributed by atoms with Crippen LogP contribution in [0.5, 0.6) is 0 Å². The molecule has 0 unspecified atom stereocenters. The van der Waals surface area contributed by atoms with E-state index >= 15 is 0 Å². The van der Waals surface area contributed by atoms with Crippen LogP contribution in [0.1, 0.15) is 24.2 Å². The van der Waals surface area contributed by atoms with E-state index in [1.807, 2.05) is 13.8 Å². The summed E-state index contributed by atoms with van der Waals surface area (Å²) in [4.78, 5) is 13.7. The van der Waals surface area contributed by atoms with Crippen molar-refractivity contribution < 1.29 is 9.18 Å². The largest absolute Gasteiger partial charge is 0.335 e. The van der Waals surface area contributed by atoms with Gasteiger partial charge in [0, 0.05) is 18.7 Å². The highest BCUT2D eigenvalue weighted by molar-refractivity contribution is 5.94. The molecular formula is C13H16FNO. The van der Waals surface area contributed by atoms with E-state index in [1.54, 1.807) is 4.90 Å². The van der Waals surface area contributed by atoms with Gasteiger partial charge in [-0.25, -0.2) is 4.39 Å². The van der Waals surface area contributed by atoms with E-state index in [1.165, 1.54) is 24.3 Å². The molecule has 1 aromatic rings. The number of amides is 1. The lowest BCUT2D eigenvalue weighted by Crippen LogP contribution is -2.32. The molecule has 0 fully saturated rings.